The van der Waals surface area contributed by atoms with E-state index >= 15 is 0 Å². The number of anilines is 1. The molecular weight excluding hydrogens is 439 g/mol. The van der Waals surface area contributed by atoms with Crippen LogP contribution in [0.1, 0.15) is 13.3 Å². The van der Waals surface area contributed by atoms with Crippen molar-refractivity contribution >= 4 is 50.7 Å². The molecule has 8 nitrogen and oxygen atoms in total. The quantitative estimate of drug-likeness (QED) is 0.632. The highest BCUT2D eigenvalue weighted by Gasteiger charge is 2.27. The predicted molar refractivity (Wildman–Crippen MR) is 115 cm³/mol. The Bertz CT molecular complexity index is 842. The van der Waals surface area contributed by atoms with Crippen LogP contribution in [-0.2, 0) is 19.6 Å². The van der Waals surface area contributed by atoms with E-state index in [0.29, 0.717) is 35.4 Å². The van der Waals surface area contributed by atoms with Gasteiger partial charge in [-0.1, -0.05) is 30.1 Å². The van der Waals surface area contributed by atoms with Gasteiger partial charge in [0.1, 0.15) is 0 Å². The Morgan fingerprint density at radius 2 is 1.79 bits per heavy atom. The zero-order valence-electron chi connectivity index (χ0n) is 16.5. The van der Waals surface area contributed by atoms with Crippen molar-refractivity contribution in [2.75, 3.05) is 57.4 Å². The number of halogens is 2. The number of amides is 2. The predicted octanol–water partition coefficient (Wildman–Crippen LogP) is 1.75. The molecule has 2 rings (SSSR count). The van der Waals surface area contributed by atoms with E-state index < -0.39 is 10.0 Å². The highest BCUT2D eigenvalue weighted by molar-refractivity contribution is 7.88. The second-order valence-electron chi connectivity index (χ2n) is 6.93. The van der Waals surface area contributed by atoms with Crippen molar-refractivity contribution in [2.24, 2.45) is 0 Å². The lowest BCUT2D eigenvalue weighted by Crippen LogP contribution is -2.52. The molecule has 0 aromatic heterocycles. The van der Waals surface area contributed by atoms with Gasteiger partial charge in [-0.2, -0.15) is 4.31 Å². The fourth-order valence-electron chi connectivity index (χ4n) is 3.07. The third-order valence-electron chi connectivity index (χ3n) is 4.53. The highest BCUT2D eigenvalue weighted by Crippen LogP contribution is 2.25. The van der Waals surface area contributed by atoms with Crippen LogP contribution in [0.15, 0.2) is 18.2 Å². The van der Waals surface area contributed by atoms with Crippen molar-refractivity contribution in [1.82, 2.24) is 14.1 Å². The van der Waals surface area contributed by atoms with Gasteiger partial charge in [0.05, 0.1) is 30.1 Å². The smallest absolute Gasteiger partial charge is 0.238 e. The first-order valence-electron chi connectivity index (χ1n) is 9.30. The number of benzene rings is 1. The molecule has 1 aromatic rings. The van der Waals surface area contributed by atoms with E-state index in [0.717, 1.165) is 6.42 Å². The van der Waals surface area contributed by atoms with E-state index in [1.807, 2.05) is 6.92 Å². The molecule has 0 unspecified atom stereocenters. The summed E-state index contributed by atoms with van der Waals surface area (Å²) in [4.78, 5) is 28.4. The van der Waals surface area contributed by atoms with Gasteiger partial charge >= 0.3 is 0 Å². The molecule has 2 amide bonds. The van der Waals surface area contributed by atoms with Crippen LogP contribution in [0.5, 0.6) is 0 Å². The van der Waals surface area contributed by atoms with Gasteiger partial charge in [0, 0.05) is 31.2 Å². The molecule has 0 atom stereocenters. The first-order chi connectivity index (χ1) is 13.6. The Morgan fingerprint density at radius 3 is 2.34 bits per heavy atom. The van der Waals surface area contributed by atoms with Crippen LogP contribution in [0.3, 0.4) is 0 Å². The Morgan fingerprint density at radius 1 is 1.14 bits per heavy atom. The molecule has 1 heterocycles. The summed E-state index contributed by atoms with van der Waals surface area (Å²) in [7, 11) is -3.25. The Balaban J connectivity index is 1.90. The molecule has 1 aliphatic rings. The summed E-state index contributed by atoms with van der Waals surface area (Å²) >= 11 is 11.9. The molecule has 1 N–H and O–H groups in total. The van der Waals surface area contributed by atoms with Crippen LogP contribution in [0, 0.1) is 0 Å². The summed E-state index contributed by atoms with van der Waals surface area (Å²) in [6.45, 7) is 3.95. The largest absolute Gasteiger partial charge is 0.339 e. The van der Waals surface area contributed by atoms with E-state index in [1.165, 1.54) is 10.6 Å². The highest BCUT2D eigenvalue weighted by atomic mass is 35.5. The second-order valence-corrected chi connectivity index (χ2v) is 9.75. The zero-order chi connectivity index (χ0) is 21.6. The maximum Gasteiger partial charge on any atom is 0.238 e. The van der Waals surface area contributed by atoms with Crippen LogP contribution >= 0.6 is 23.2 Å². The number of nitrogens with one attached hydrogen (secondary N) is 1. The summed E-state index contributed by atoms with van der Waals surface area (Å²) in [5.41, 5.74) is 0.459. The Hall–Kier alpha value is -1.39. The molecule has 0 radical (unpaired) electrons. The van der Waals surface area contributed by atoms with E-state index in [1.54, 1.807) is 28.0 Å². The van der Waals surface area contributed by atoms with Crippen LogP contribution in [0.2, 0.25) is 10.0 Å². The number of nitrogens with zero attached hydrogens (tertiary/aromatic N) is 3. The van der Waals surface area contributed by atoms with Crippen LogP contribution in [-0.4, -0.2) is 86.4 Å². The van der Waals surface area contributed by atoms with Gasteiger partial charge in [-0.3, -0.25) is 14.5 Å². The summed E-state index contributed by atoms with van der Waals surface area (Å²) in [5.74, 6) is -0.402. The van der Waals surface area contributed by atoms with E-state index in [-0.39, 0.29) is 38.0 Å². The molecular formula is C18H26Cl2N4O4S. The Kier molecular flexibility index (Phi) is 8.72. The van der Waals surface area contributed by atoms with Crippen LogP contribution in [0.25, 0.3) is 0 Å². The molecule has 162 valence electrons. The normalized spacial score (nSPS) is 15.6. The average molecular weight is 465 g/mol. The lowest BCUT2D eigenvalue weighted by Gasteiger charge is -2.34. The third kappa shape index (κ3) is 7.42. The summed E-state index contributed by atoms with van der Waals surface area (Å²) in [6, 6.07) is 4.80. The van der Waals surface area contributed by atoms with Gasteiger partial charge in [-0.25, -0.2) is 8.42 Å². The van der Waals surface area contributed by atoms with E-state index in [2.05, 4.69) is 5.32 Å². The van der Waals surface area contributed by atoms with Crippen LogP contribution < -0.4 is 5.32 Å². The fourth-order valence-corrected chi connectivity index (χ4v) is 4.36. The zero-order valence-corrected chi connectivity index (χ0v) is 18.9. The molecule has 1 aromatic carbocycles. The number of sulfonamides is 1. The standard InChI is InChI=1S/C18H26Cl2N4O4S/c1-3-6-22(12-17(25)21-16-5-4-14(19)11-15(16)20)13-18(26)23-7-9-24(10-8-23)29(2,27)28/h4-5,11H,3,6-10,12-13H2,1-2H3,(H,21,25). The van der Waals surface area contributed by atoms with Gasteiger partial charge in [0.2, 0.25) is 21.8 Å². The van der Waals surface area contributed by atoms with E-state index in [9.17, 15) is 18.0 Å². The topological polar surface area (TPSA) is 90.0 Å². The molecule has 0 bridgehead atoms. The number of carbonyl (C=O) groups is 2. The van der Waals surface area contributed by atoms with Crippen molar-refractivity contribution in [3.05, 3.63) is 28.2 Å². The van der Waals surface area contributed by atoms with Gasteiger partial charge in [0.25, 0.3) is 0 Å². The van der Waals surface area contributed by atoms with Crippen LogP contribution in [0.4, 0.5) is 5.69 Å². The number of piperazine rings is 1. The molecule has 29 heavy (non-hydrogen) atoms. The SMILES string of the molecule is CCCN(CC(=O)Nc1ccc(Cl)cc1Cl)CC(=O)N1CCN(S(C)(=O)=O)CC1. The van der Waals surface area contributed by atoms with Gasteiger partial charge in [0.15, 0.2) is 0 Å². The molecule has 0 spiro atoms. The average Bonchev–Trinajstić information content (AvgIpc) is 2.63. The molecule has 1 fully saturated rings. The van der Waals surface area contributed by atoms with Gasteiger partial charge in [-0.15, -0.1) is 0 Å². The number of carbonyl (C=O) groups excluding carboxylic acids is 2. The maximum atomic E-state index is 12.6. The first-order valence-corrected chi connectivity index (χ1v) is 11.9. The molecule has 0 saturated carbocycles. The summed E-state index contributed by atoms with van der Waals surface area (Å²) in [5, 5.41) is 3.55. The Labute approximate surface area is 181 Å². The monoisotopic (exact) mass is 464 g/mol. The van der Waals surface area contributed by atoms with Crippen molar-refractivity contribution in [1.29, 1.82) is 0 Å². The number of hydrogen-bond donors (Lipinski definition) is 1. The lowest BCUT2D eigenvalue weighted by molar-refractivity contribution is -0.134. The van der Waals surface area contributed by atoms with Crippen molar-refractivity contribution in [3.63, 3.8) is 0 Å². The number of rotatable bonds is 8. The molecule has 11 heteroatoms. The van der Waals surface area contributed by atoms with Gasteiger partial charge < -0.3 is 10.2 Å². The summed E-state index contributed by atoms with van der Waals surface area (Å²) in [6.07, 6.45) is 1.95. The maximum absolute atomic E-state index is 12.6. The fraction of sp³-hybridized carbons (Fsp3) is 0.556. The minimum atomic E-state index is -3.25. The van der Waals surface area contributed by atoms with Crippen molar-refractivity contribution in [3.8, 4) is 0 Å². The number of hydrogen-bond acceptors (Lipinski definition) is 5. The second kappa shape index (κ2) is 10.6. The lowest BCUT2D eigenvalue weighted by atomic mass is 10.3. The minimum Gasteiger partial charge on any atom is -0.339 e. The van der Waals surface area contributed by atoms with E-state index in [4.69, 9.17) is 23.2 Å². The van der Waals surface area contributed by atoms with Crippen molar-refractivity contribution in [2.45, 2.75) is 13.3 Å². The van der Waals surface area contributed by atoms with Gasteiger partial charge in [-0.05, 0) is 31.2 Å². The van der Waals surface area contributed by atoms with Crippen molar-refractivity contribution < 1.29 is 18.0 Å². The molecule has 1 saturated heterocycles. The third-order valence-corrected chi connectivity index (χ3v) is 6.38. The summed E-state index contributed by atoms with van der Waals surface area (Å²) < 4.78 is 24.6. The molecule has 1 aliphatic heterocycles. The first kappa shape index (κ1) is 23.9. The minimum absolute atomic E-state index is 0.0435. The molecule has 0 aliphatic carbocycles.